The minimum atomic E-state index is -5.08. The Bertz CT molecular complexity index is 1350. The van der Waals surface area contributed by atoms with Gasteiger partial charge in [-0.1, -0.05) is 48.5 Å². The summed E-state index contributed by atoms with van der Waals surface area (Å²) >= 11 is 0. The third-order valence-electron chi connectivity index (χ3n) is 5.38. The van der Waals surface area contributed by atoms with Crippen LogP contribution in [0.25, 0.3) is 33.5 Å². The first kappa shape index (κ1) is 28.7. The van der Waals surface area contributed by atoms with E-state index in [9.17, 15) is 26.3 Å². The van der Waals surface area contributed by atoms with Gasteiger partial charge >= 0.3 is 18.3 Å². The zero-order valence-electron chi connectivity index (χ0n) is 20.0. The van der Waals surface area contributed by atoms with Crippen molar-refractivity contribution in [1.29, 1.82) is 0 Å². The van der Waals surface area contributed by atoms with Crippen LogP contribution in [-0.2, 0) is 17.5 Å². The lowest BCUT2D eigenvalue weighted by Crippen LogP contribution is -2.24. The molecule has 0 aliphatic carbocycles. The average molecular weight is 538 g/mol. The molecule has 4 N–H and O–H groups in total. The Morgan fingerprint density at radius 3 is 1.95 bits per heavy atom. The maximum absolute atomic E-state index is 12.9. The van der Waals surface area contributed by atoms with Crippen molar-refractivity contribution in [1.82, 2.24) is 20.6 Å². The lowest BCUT2D eigenvalue weighted by atomic mass is 10.0. The number of carboxylic acids is 1. The first-order valence-electron chi connectivity index (χ1n) is 11.3. The summed E-state index contributed by atoms with van der Waals surface area (Å²) in [6, 6.07) is 19.7. The van der Waals surface area contributed by atoms with Crippen molar-refractivity contribution in [2.45, 2.75) is 18.9 Å². The van der Waals surface area contributed by atoms with Crippen molar-refractivity contribution in [2.24, 2.45) is 0 Å². The van der Waals surface area contributed by atoms with Gasteiger partial charge in [-0.05, 0) is 41.9 Å². The molecule has 4 aromatic rings. The predicted octanol–water partition coefficient (Wildman–Crippen LogP) is 5.86. The van der Waals surface area contributed by atoms with Crippen molar-refractivity contribution < 1.29 is 36.2 Å². The number of carbonyl (C=O) groups is 1. The van der Waals surface area contributed by atoms with Crippen LogP contribution in [0.1, 0.15) is 11.1 Å². The highest BCUT2D eigenvalue weighted by atomic mass is 19.4. The summed E-state index contributed by atoms with van der Waals surface area (Å²) in [4.78, 5) is 16.3. The minimum Gasteiger partial charge on any atom is -0.475 e. The maximum Gasteiger partial charge on any atom is 0.490 e. The second-order valence-corrected chi connectivity index (χ2v) is 8.17. The van der Waals surface area contributed by atoms with Crippen LogP contribution in [0.2, 0.25) is 0 Å². The number of aliphatic carboxylic acids is 1. The molecule has 1 heterocycles. The van der Waals surface area contributed by atoms with E-state index in [-0.39, 0.29) is 0 Å². The quantitative estimate of drug-likeness (QED) is 0.175. The van der Waals surface area contributed by atoms with Crippen LogP contribution < -0.4 is 10.6 Å². The van der Waals surface area contributed by atoms with Gasteiger partial charge in [0, 0.05) is 25.2 Å². The van der Waals surface area contributed by atoms with Gasteiger partial charge in [-0.25, -0.2) is 9.78 Å². The number of rotatable bonds is 7. The zero-order valence-corrected chi connectivity index (χ0v) is 20.0. The average Bonchev–Trinajstić information content (AvgIpc) is 3.30. The van der Waals surface area contributed by atoms with E-state index >= 15 is 0 Å². The number of nitrogens with one attached hydrogen (secondary N) is 3. The number of halogens is 6. The van der Waals surface area contributed by atoms with E-state index in [0.29, 0.717) is 16.9 Å². The Morgan fingerprint density at radius 2 is 1.42 bits per heavy atom. The number of imidazole rings is 1. The van der Waals surface area contributed by atoms with Crippen LogP contribution >= 0.6 is 0 Å². The number of hydrogen-bond acceptors (Lipinski definition) is 4. The molecule has 0 aliphatic rings. The van der Waals surface area contributed by atoms with Gasteiger partial charge in [-0.15, -0.1) is 0 Å². The molecule has 0 bridgehead atoms. The molecule has 12 heteroatoms. The van der Waals surface area contributed by atoms with E-state index in [0.717, 1.165) is 48.5 Å². The molecular formula is C26H24F6N4O2. The lowest BCUT2D eigenvalue weighted by molar-refractivity contribution is -0.192. The first-order chi connectivity index (χ1) is 17.9. The number of aromatic amines is 1. The van der Waals surface area contributed by atoms with Gasteiger partial charge in [0.05, 0.1) is 16.6 Å². The summed E-state index contributed by atoms with van der Waals surface area (Å²) in [5.74, 6) is -2.21. The molecule has 38 heavy (non-hydrogen) atoms. The van der Waals surface area contributed by atoms with Crippen LogP contribution in [0.3, 0.4) is 0 Å². The van der Waals surface area contributed by atoms with E-state index < -0.39 is 23.9 Å². The standard InChI is InChI=1S/C24H23F3N4.C2HF3O2/c1-28-12-13-29-15-16-2-4-17(5-3-16)18-6-8-19(9-7-18)23-30-21-11-10-20(24(25,26)27)14-22(21)31-23;3-2(4,5)1(6)7/h2-11,14,28-29H,12-13,15H2,1H3,(H,30,31);(H,6,7). The van der Waals surface area contributed by atoms with Gasteiger partial charge in [0.1, 0.15) is 5.82 Å². The van der Waals surface area contributed by atoms with Gasteiger partial charge in [-0.2, -0.15) is 26.3 Å². The van der Waals surface area contributed by atoms with Crippen LogP contribution in [0, 0.1) is 0 Å². The summed E-state index contributed by atoms with van der Waals surface area (Å²) in [6.07, 6.45) is -9.46. The monoisotopic (exact) mass is 538 g/mol. The molecule has 6 nitrogen and oxygen atoms in total. The molecule has 202 valence electrons. The van der Waals surface area contributed by atoms with Gasteiger partial charge in [0.2, 0.25) is 0 Å². The number of benzene rings is 3. The lowest BCUT2D eigenvalue weighted by Gasteiger charge is -2.07. The third kappa shape index (κ3) is 7.80. The molecule has 4 rings (SSSR count). The Labute approximate surface area is 213 Å². The fraction of sp³-hybridized carbons (Fsp3) is 0.231. The molecule has 0 unspecified atom stereocenters. The molecule has 0 atom stereocenters. The highest BCUT2D eigenvalue weighted by Gasteiger charge is 2.38. The van der Waals surface area contributed by atoms with Crippen molar-refractivity contribution in [2.75, 3.05) is 20.1 Å². The molecule has 0 radical (unpaired) electrons. The van der Waals surface area contributed by atoms with E-state index in [1.807, 2.05) is 31.3 Å². The van der Waals surface area contributed by atoms with E-state index in [1.165, 1.54) is 11.6 Å². The van der Waals surface area contributed by atoms with E-state index in [2.05, 4.69) is 44.9 Å². The molecule has 1 aromatic heterocycles. The number of carboxylic acid groups (broad SMARTS) is 1. The number of aromatic nitrogens is 2. The van der Waals surface area contributed by atoms with E-state index in [1.54, 1.807) is 0 Å². The minimum absolute atomic E-state index is 0.368. The fourth-order valence-corrected chi connectivity index (χ4v) is 3.40. The number of hydrogen-bond donors (Lipinski definition) is 4. The maximum atomic E-state index is 12.9. The smallest absolute Gasteiger partial charge is 0.475 e. The summed E-state index contributed by atoms with van der Waals surface area (Å²) in [7, 11) is 1.93. The second-order valence-electron chi connectivity index (χ2n) is 8.17. The summed E-state index contributed by atoms with van der Waals surface area (Å²) in [5.41, 5.74) is 4.39. The Kier molecular flexibility index (Phi) is 9.13. The summed E-state index contributed by atoms with van der Waals surface area (Å²) < 4.78 is 70.5. The zero-order chi connectivity index (χ0) is 27.9. The van der Waals surface area contributed by atoms with Gasteiger partial charge < -0.3 is 20.7 Å². The number of fused-ring (bicyclic) bond motifs is 1. The fourth-order valence-electron chi connectivity index (χ4n) is 3.40. The van der Waals surface area contributed by atoms with Gasteiger partial charge in [0.25, 0.3) is 0 Å². The molecule has 3 aromatic carbocycles. The predicted molar refractivity (Wildman–Crippen MR) is 131 cm³/mol. The first-order valence-corrected chi connectivity index (χ1v) is 11.3. The Morgan fingerprint density at radius 1 is 0.868 bits per heavy atom. The number of alkyl halides is 6. The topological polar surface area (TPSA) is 90.0 Å². The molecule has 0 aliphatic heterocycles. The Hall–Kier alpha value is -3.90. The number of H-pyrrole nitrogens is 1. The second kappa shape index (κ2) is 12.1. The van der Waals surface area contributed by atoms with Crippen molar-refractivity contribution >= 4 is 17.0 Å². The molecule has 0 fully saturated rings. The van der Waals surface area contributed by atoms with Crippen LogP contribution in [0.4, 0.5) is 26.3 Å². The van der Waals surface area contributed by atoms with Crippen LogP contribution in [0.15, 0.2) is 66.7 Å². The Balaban J connectivity index is 0.000000505. The van der Waals surface area contributed by atoms with Crippen molar-refractivity contribution in [3.05, 3.63) is 77.9 Å². The summed E-state index contributed by atoms with van der Waals surface area (Å²) in [5, 5.41) is 13.6. The number of nitrogens with zero attached hydrogens (tertiary/aromatic N) is 1. The molecule has 0 saturated carbocycles. The van der Waals surface area contributed by atoms with E-state index in [4.69, 9.17) is 9.90 Å². The normalized spacial score (nSPS) is 11.8. The van der Waals surface area contributed by atoms with Gasteiger partial charge in [-0.3, -0.25) is 0 Å². The molecule has 0 saturated heterocycles. The van der Waals surface area contributed by atoms with Crippen molar-refractivity contribution in [3.8, 4) is 22.5 Å². The SMILES string of the molecule is CNCCNCc1ccc(-c2ccc(-c3nc4ccc(C(F)(F)F)cc4[nH]3)cc2)cc1.O=C(O)C(F)(F)F. The van der Waals surface area contributed by atoms with Crippen LogP contribution in [-0.4, -0.2) is 47.4 Å². The van der Waals surface area contributed by atoms with Gasteiger partial charge in [0.15, 0.2) is 0 Å². The molecular weight excluding hydrogens is 514 g/mol. The summed E-state index contributed by atoms with van der Waals surface area (Å²) in [6.45, 7) is 2.67. The molecule has 0 amide bonds. The third-order valence-corrected chi connectivity index (χ3v) is 5.38. The van der Waals surface area contributed by atoms with Crippen molar-refractivity contribution in [3.63, 3.8) is 0 Å². The molecule has 0 spiro atoms. The van der Waals surface area contributed by atoms with Crippen LogP contribution in [0.5, 0.6) is 0 Å². The largest absolute Gasteiger partial charge is 0.490 e. The highest BCUT2D eigenvalue weighted by molar-refractivity contribution is 5.80. The number of likely N-dealkylation sites (N-methyl/N-ethyl adjacent to an activating group) is 1. The highest BCUT2D eigenvalue weighted by Crippen LogP contribution is 2.32.